The molecule has 0 aliphatic carbocycles. The zero-order chi connectivity index (χ0) is 20.6. The summed E-state index contributed by atoms with van der Waals surface area (Å²) in [5.41, 5.74) is 0.772. The lowest BCUT2D eigenvalue weighted by molar-refractivity contribution is 0.214. The summed E-state index contributed by atoms with van der Waals surface area (Å²) in [5, 5.41) is 10.7. The van der Waals surface area contributed by atoms with Gasteiger partial charge in [-0.2, -0.15) is 4.98 Å². The number of guanidine groups is 1. The monoisotopic (exact) mass is 417 g/mol. The van der Waals surface area contributed by atoms with Crippen molar-refractivity contribution in [1.29, 1.82) is 0 Å². The van der Waals surface area contributed by atoms with Crippen molar-refractivity contribution in [2.75, 3.05) is 13.6 Å². The second-order valence-electron chi connectivity index (χ2n) is 6.19. The molecule has 1 atom stereocenters. The van der Waals surface area contributed by atoms with Crippen LogP contribution in [0, 0.1) is 5.82 Å². The molecule has 3 aromatic rings. The molecule has 0 spiro atoms. The zero-order valence-electron chi connectivity index (χ0n) is 16.0. The molecule has 0 radical (unpaired) electrons. The Morgan fingerprint density at radius 1 is 1.24 bits per heavy atom. The standard InChI is InChI=1S/C20H21ClFN5O2/c1-13(28-17-9-4-3-8-16(17)22)11-24-20(23-2)25-12-18-26-19(27-29-18)14-6-5-7-15(21)10-14/h3-10,13H,11-12H2,1-2H3,(H2,23,24,25). The molecule has 2 aromatic carbocycles. The Kier molecular flexibility index (Phi) is 7.02. The number of aromatic nitrogens is 2. The molecule has 0 amide bonds. The van der Waals surface area contributed by atoms with Crippen molar-refractivity contribution < 1.29 is 13.7 Å². The number of hydrogen-bond acceptors (Lipinski definition) is 5. The van der Waals surface area contributed by atoms with Crippen LogP contribution in [0.25, 0.3) is 11.4 Å². The summed E-state index contributed by atoms with van der Waals surface area (Å²) in [4.78, 5) is 8.47. The summed E-state index contributed by atoms with van der Waals surface area (Å²) in [6.07, 6.45) is -0.275. The van der Waals surface area contributed by atoms with E-state index in [-0.39, 0.29) is 18.4 Å². The quantitative estimate of drug-likeness (QED) is 0.451. The van der Waals surface area contributed by atoms with Gasteiger partial charge in [-0.25, -0.2) is 4.39 Å². The lowest BCUT2D eigenvalue weighted by Crippen LogP contribution is -2.41. The molecule has 0 aliphatic rings. The number of benzene rings is 2. The SMILES string of the molecule is CN=C(NCc1nc(-c2cccc(Cl)c2)no1)NCC(C)Oc1ccccc1F. The van der Waals surface area contributed by atoms with Crippen molar-refractivity contribution in [2.24, 2.45) is 4.99 Å². The highest BCUT2D eigenvalue weighted by atomic mass is 35.5. The lowest BCUT2D eigenvalue weighted by Gasteiger charge is -2.17. The van der Waals surface area contributed by atoms with Crippen LogP contribution in [-0.4, -0.2) is 35.8 Å². The number of hydrogen-bond donors (Lipinski definition) is 2. The molecule has 0 saturated carbocycles. The summed E-state index contributed by atoms with van der Waals surface area (Å²) in [7, 11) is 1.64. The van der Waals surface area contributed by atoms with E-state index >= 15 is 0 Å². The molecule has 29 heavy (non-hydrogen) atoms. The zero-order valence-corrected chi connectivity index (χ0v) is 16.8. The molecule has 0 bridgehead atoms. The molecular formula is C20H21ClFN5O2. The van der Waals surface area contributed by atoms with Crippen LogP contribution >= 0.6 is 11.6 Å². The fraction of sp³-hybridized carbons (Fsp3) is 0.250. The number of rotatable bonds is 7. The predicted octanol–water partition coefficient (Wildman–Crippen LogP) is 3.66. The van der Waals surface area contributed by atoms with Gasteiger partial charge in [-0.1, -0.05) is 41.0 Å². The Balaban J connectivity index is 1.49. The van der Waals surface area contributed by atoms with Crippen molar-refractivity contribution in [3.05, 3.63) is 65.3 Å². The molecule has 0 fully saturated rings. The molecule has 7 nitrogen and oxygen atoms in total. The van der Waals surface area contributed by atoms with Crippen LogP contribution in [0.3, 0.4) is 0 Å². The molecule has 3 rings (SSSR count). The van der Waals surface area contributed by atoms with Gasteiger partial charge in [0, 0.05) is 17.6 Å². The second-order valence-corrected chi connectivity index (χ2v) is 6.62. The highest BCUT2D eigenvalue weighted by molar-refractivity contribution is 6.30. The van der Waals surface area contributed by atoms with Crippen LogP contribution in [0.1, 0.15) is 12.8 Å². The summed E-state index contributed by atoms with van der Waals surface area (Å²) in [5.74, 6) is 1.20. The molecule has 1 aromatic heterocycles. The third kappa shape index (κ3) is 5.92. The van der Waals surface area contributed by atoms with Gasteiger partial charge < -0.3 is 19.9 Å². The first-order chi connectivity index (χ1) is 14.0. The maximum Gasteiger partial charge on any atom is 0.246 e. The Hall–Kier alpha value is -3.13. The highest BCUT2D eigenvalue weighted by Crippen LogP contribution is 2.20. The molecule has 9 heteroatoms. The third-order valence-electron chi connectivity index (χ3n) is 3.90. The van der Waals surface area contributed by atoms with Gasteiger partial charge in [-0.05, 0) is 31.2 Å². The minimum Gasteiger partial charge on any atom is -0.486 e. The van der Waals surface area contributed by atoms with Crippen molar-refractivity contribution in [3.63, 3.8) is 0 Å². The lowest BCUT2D eigenvalue weighted by atomic mass is 10.2. The van der Waals surface area contributed by atoms with Gasteiger partial charge >= 0.3 is 0 Å². The van der Waals surface area contributed by atoms with Gasteiger partial charge in [0.15, 0.2) is 17.5 Å². The minimum absolute atomic E-state index is 0.212. The van der Waals surface area contributed by atoms with E-state index in [1.807, 2.05) is 19.1 Å². The largest absolute Gasteiger partial charge is 0.486 e. The number of aliphatic imine (C=N–C) groups is 1. The molecular weight excluding hydrogens is 397 g/mol. The van der Waals surface area contributed by atoms with E-state index < -0.39 is 5.82 Å². The van der Waals surface area contributed by atoms with Crippen LogP contribution in [0.4, 0.5) is 4.39 Å². The molecule has 1 unspecified atom stereocenters. The van der Waals surface area contributed by atoms with Gasteiger partial charge in [0.05, 0.1) is 13.1 Å². The number of halogens is 2. The number of ether oxygens (including phenoxy) is 1. The number of para-hydroxylation sites is 1. The average Bonchev–Trinajstić information content (AvgIpc) is 3.19. The number of nitrogens with zero attached hydrogens (tertiary/aromatic N) is 3. The Bertz CT molecular complexity index is 979. The smallest absolute Gasteiger partial charge is 0.246 e. The molecule has 2 N–H and O–H groups in total. The third-order valence-corrected chi connectivity index (χ3v) is 4.14. The van der Waals surface area contributed by atoms with Crippen molar-refractivity contribution >= 4 is 17.6 Å². The van der Waals surface area contributed by atoms with Gasteiger partial charge in [0.25, 0.3) is 0 Å². The first-order valence-corrected chi connectivity index (χ1v) is 9.37. The van der Waals surface area contributed by atoms with E-state index in [4.69, 9.17) is 20.9 Å². The van der Waals surface area contributed by atoms with E-state index in [0.717, 1.165) is 5.56 Å². The Morgan fingerprint density at radius 2 is 2.07 bits per heavy atom. The average molecular weight is 418 g/mol. The Morgan fingerprint density at radius 3 is 2.83 bits per heavy atom. The summed E-state index contributed by atoms with van der Waals surface area (Å²) in [6.45, 7) is 2.55. The molecule has 0 saturated heterocycles. The minimum atomic E-state index is -0.395. The number of nitrogens with one attached hydrogen (secondary N) is 2. The van der Waals surface area contributed by atoms with Gasteiger partial charge in [0.1, 0.15) is 6.10 Å². The normalized spacial score (nSPS) is 12.5. The maximum absolute atomic E-state index is 13.7. The summed E-state index contributed by atoms with van der Waals surface area (Å²) < 4.78 is 24.5. The molecule has 152 valence electrons. The first-order valence-electron chi connectivity index (χ1n) is 8.99. The van der Waals surface area contributed by atoms with E-state index in [2.05, 4.69) is 25.8 Å². The van der Waals surface area contributed by atoms with Crippen molar-refractivity contribution in [2.45, 2.75) is 19.6 Å². The summed E-state index contributed by atoms with van der Waals surface area (Å²) in [6, 6.07) is 13.5. The first kappa shape index (κ1) is 20.6. The molecule has 0 aliphatic heterocycles. The van der Waals surface area contributed by atoms with Crippen LogP contribution in [0.5, 0.6) is 5.75 Å². The van der Waals surface area contributed by atoms with Crippen LogP contribution in [0.2, 0.25) is 5.02 Å². The van der Waals surface area contributed by atoms with Crippen LogP contribution in [0.15, 0.2) is 58.0 Å². The Labute approximate surface area is 172 Å². The topological polar surface area (TPSA) is 84.6 Å². The molecule has 1 heterocycles. The fourth-order valence-corrected chi connectivity index (χ4v) is 2.68. The summed E-state index contributed by atoms with van der Waals surface area (Å²) >= 11 is 5.99. The van der Waals surface area contributed by atoms with Crippen LogP contribution in [-0.2, 0) is 6.54 Å². The van der Waals surface area contributed by atoms with E-state index in [1.54, 1.807) is 37.4 Å². The van der Waals surface area contributed by atoms with Gasteiger partial charge in [-0.3, -0.25) is 4.99 Å². The fourth-order valence-electron chi connectivity index (χ4n) is 2.49. The van der Waals surface area contributed by atoms with E-state index in [9.17, 15) is 4.39 Å². The van der Waals surface area contributed by atoms with Crippen molar-refractivity contribution in [3.8, 4) is 17.1 Å². The second kappa shape index (κ2) is 9.88. The predicted molar refractivity (Wildman–Crippen MR) is 109 cm³/mol. The maximum atomic E-state index is 13.7. The van der Waals surface area contributed by atoms with E-state index in [1.165, 1.54) is 6.07 Å². The van der Waals surface area contributed by atoms with Gasteiger partial charge in [-0.15, -0.1) is 0 Å². The van der Waals surface area contributed by atoms with Crippen LogP contribution < -0.4 is 15.4 Å². The van der Waals surface area contributed by atoms with Crippen molar-refractivity contribution in [1.82, 2.24) is 20.8 Å². The van der Waals surface area contributed by atoms with Gasteiger partial charge in [0.2, 0.25) is 11.7 Å². The highest BCUT2D eigenvalue weighted by Gasteiger charge is 2.11. The van der Waals surface area contributed by atoms with E-state index in [0.29, 0.717) is 29.2 Å².